The number of hydrazine groups is 1. The van der Waals surface area contributed by atoms with Gasteiger partial charge in [0.25, 0.3) is 0 Å². The molecular formula is C16H27BrN2S. The molecule has 0 saturated carbocycles. The van der Waals surface area contributed by atoms with Crippen LogP contribution in [-0.4, -0.2) is 11.8 Å². The fourth-order valence-electron chi connectivity index (χ4n) is 2.32. The Labute approximate surface area is 136 Å². The topological polar surface area (TPSA) is 38.0 Å². The third-order valence-corrected chi connectivity index (χ3v) is 5.29. The van der Waals surface area contributed by atoms with E-state index in [0.29, 0.717) is 6.04 Å². The molecule has 0 heterocycles. The summed E-state index contributed by atoms with van der Waals surface area (Å²) in [6, 6.07) is 8.83. The van der Waals surface area contributed by atoms with Gasteiger partial charge >= 0.3 is 0 Å². The van der Waals surface area contributed by atoms with Gasteiger partial charge in [-0.15, -0.1) is 11.8 Å². The van der Waals surface area contributed by atoms with Crippen LogP contribution in [0.15, 0.2) is 33.6 Å². The summed E-state index contributed by atoms with van der Waals surface area (Å²) >= 11 is 5.38. The first kappa shape index (κ1) is 18.0. The van der Waals surface area contributed by atoms with Gasteiger partial charge in [-0.05, 0) is 30.5 Å². The van der Waals surface area contributed by atoms with Crippen molar-refractivity contribution in [1.82, 2.24) is 5.43 Å². The third kappa shape index (κ3) is 7.11. The van der Waals surface area contributed by atoms with Crippen molar-refractivity contribution in [3.8, 4) is 0 Å². The van der Waals surface area contributed by atoms with Crippen molar-refractivity contribution in [3.05, 3.63) is 28.7 Å². The lowest BCUT2D eigenvalue weighted by Gasteiger charge is -2.22. The molecule has 0 bridgehead atoms. The average molecular weight is 359 g/mol. The molecule has 114 valence electrons. The zero-order valence-corrected chi connectivity index (χ0v) is 15.0. The van der Waals surface area contributed by atoms with Crippen molar-refractivity contribution in [2.24, 2.45) is 11.8 Å². The Morgan fingerprint density at radius 2 is 2.15 bits per heavy atom. The third-order valence-electron chi connectivity index (χ3n) is 3.64. The number of benzene rings is 1. The lowest BCUT2D eigenvalue weighted by molar-refractivity contribution is 0.367. The minimum Gasteiger partial charge on any atom is -0.271 e. The van der Waals surface area contributed by atoms with E-state index < -0.39 is 0 Å². The molecule has 0 fully saturated rings. The zero-order valence-electron chi connectivity index (χ0n) is 12.6. The molecule has 3 N–H and O–H groups in total. The molecule has 0 aromatic heterocycles. The Hall–Kier alpha value is -0.0300. The Morgan fingerprint density at radius 3 is 2.75 bits per heavy atom. The number of unbranched alkanes of at least 4 members (excludes halogenated alkanes) is 1. The van der Waals surface area contributed by atoms with Gasteiger partial charge in [-0.3, -0.25) is 11.3 Å². The number of nitrogens with two attached hydrogens (primary N) is 1. The molecule has 2 unspecified atom stereocenters. The highest BCUT2D eigenvalue weighted by molar-refractivity contribution is 9.10. The molecule has 0 aliphatic heterocycles. The van der Waals surface area contributed by atoms with Crippen molar-refractivity contribution in [1.29, 1.82) is 0 Å². The first-order valence-electron chi connectivity index (χ1n) is 7.54. The highest BCUT2D eigenvalue weighted by atomic mass is 79.9. The van der Waals surface area contributed by atoms with Gasteiger partial charge in [0.05, 0.1) is 0 Å². The molecule has 0 aliphatic rings. The zero-order chi connectivity index (χ0) is 14.8. The van der Waals surface area contributed by atoms with E-state index in [1.807, 2.05) is 11.8 Å². The normalized spacial score (nSPS) is 14.2. The smallest absolute Gasteiger partial charge is 0.0307 e. The van der Waals surface area contributed by atoms with Crippen LogP contribution in [0.2, 0.25) is 0 Å². The second kappa shape index (κ2) is 10.7. The summed E-state index contributed by atoms with van der Waals surface area (Å²) < 4.78 is 1.13. The molecule has 1 aromatic rings. The molecule has 2 nitrogen and oxygen atoms in total. The highest BCUT2D eigenvalue weighted by Crippen LogP contribution is 2.25. The van der Waals surface area contributed by atoms with Crippen molar-refractivity contribution in [3.63, 3.8) is 0 Å². The fraction of sp³-hybridized carbons (Fsp3) is 0.625. The number of halogens is 1. The van der Waals surface area contributed by atoms with Crippen LogP contribution in [0.25, 0.3) is 0 Å². The summed E-state index contributed by atoms with van der Waals surface area (Å²) in [6.07, 6.45) is 6.36. The largest absolute Gasteiger partial charge is 0.271 e. The van der Waals surface area contributed by atoms with Gasteiger partial charge in [0.2, 0.25) is 0 Å². The number of thioether (sulfide) groups is 1. The van der Waals surface area contributed by atoms with Crippen LogP contribution in [0, 0.1) is 5.92 Å². The Bertz CT molecular complexity index is 373. The van der Waals surface area contributed by atoms with Crippen LogP contribution in [0.5, 0.6) is 0 Å². The standard InChI is InChI=1S/C16H27BrN2S/c1-3-5-7-13(4-2)10-15(19-18)12-20-16-9-6-8-14(17)11-16/h6,8-9,11,13,15,19H,3-5,7,10,12,18H2,1-2H3. The van der Waals surface area contributed by atoms with Crippen LogP contribution in [0.3, 0.4) is 0 Å². The molecule has 0 aliphatic carbocycles. The molecule has 0 saturated heterocycles. The van der Waals surface area contributed by atoms with Crippen LogP contribution in [-0.2, 0) is 0 Å². The Balaban J connectivity index is 2.41. The Kier molecular flexibility index (Phi) is 9.61. The number of hydrogen-bond donors (Lipinski definition) is 2. The quantitative estimate of drug-likeness (QED) is 0.352. The van der Waals surface area contributed by atoms with Crippen LogP contribution in [0.1, 0.15) is 46.0 Å². The number of hydrogen-bond acceptors (Lipinski definition) is 3. The second-order valence-corrected chi connectivity index (χ2v) is 7.29. The lowest BCUT2D eigenvalue weighted by atomic mass is 9.93. The van der Waals surface area contributed by atoms with Gasteiger partial charge in [0.1, 0.15) is 0 Å². The maximum Gasteiger partial charge on any atom is 0.0307 e. The molecule has 1 rings (SSSR count). The first-order chi connectivity index (χ1) is 9.69. The summed E-state index contributed by atoms with van der Waals surface area (Å²) in [5.41, 5.74) is 3.00. The molecular weight excluding hydrogens is 332 g/mol. The highest BCUT2D eigenvalue weighted by Gasteiger charge is 2.14. The van der Waals surface area contributed by atoms with Crippen molar-refractivity contribution in [2.45, 2.75) is 56.9 Å². The van der Waals surface area contributed by atoms with Gasteiger partial charge in [-0.25, -0.2) is 0 Å². The maximum absolute atomic E-state index is 5.73. The molecule has 20 heavy (non-hydrogen) atoms. The van der Waals surface area contributed by atoms with Crippen molar-refractivity contribution in [2.75, 3.05) is 5.75 Å². The monoisotopic (exact) mass is 358 g/mol. The van der Waals surface area contributed by atoms with Gasteiger partial charge in [0, 0.05) is 21.2 Å². The van der Waals surface area contributed by atoms with E-state index in [2.05, 4.69) is 59.5 Å². The van der Waals surface area contributed by atoms with Crippen LogP contribution >= 0.6 is 27.7 Å². The number of rotatable bonds is 10. The molecule has 1 aromatic carbocycles. The molecule has 2 atom stereocenters. The van der Waals surface area contributed by atoms with E-state index in [4.69, 9.17) is 5.84 Å². The molecule has 0 radical (unpaired) electrons. The minimum atomic E-state index is 0.390. The SMILES string of the molecule is CCCCC(CC)CC(CSc1cccc(Br)c1)NN. The molecule has 4 heteroatoms. The van der Waals surface area contributed by atoms with E-state index in [9.17, 15) is 0 Å². The summed E-state index contributed by atoms with van der Waals surface area (Å²) in [6.45, 7) is 4.55. The summed E-state index contributed by atoms with van der Waals surface area (Å²) in [5, 5.41) is 0. The number of nitrogens with one attached hydrogen (secondary N) is 1. The molecule has 0 amide bonds. The minimum absolute atomic E-state index is 0.390. The average Bonchev–Trinajstić information content (AvgIpc) is 2.47. The fourth-order valence-corrected chi connectivity index (χ4v) is 3.88. The summed E-state index contributed by atoms with van der Waals surface area (Å²) in [5.74, 6) is 7.54. The summed E-state index contributed by atoms with van der Waals surface area (Å²) in [4.78, 5) is 1.29. The first-order valence-corrected chi connectivity index (χ1v) is 9.31. The van der Waals surface area contributed by atoms with E-state index in [0.717, 1.165) is 16.1 Å². The summed E-state index contributed by atoms with van der Waals surface area (Å²) in [7, 11) is 0. The van der Waals surface area contributed by atoms with Gasteiger partial charge in [-0.1, -0.05) is 61.5 Å². The predicted octanol–water partition coefficient (Wildman–Crippen LogP) is 4.98. The van der Waals surface area contributed by atoms with Gasteiger partial charge in [-0.2, -0.15) is 0 Å². The van der Waals surface area contributed by atoms with Crippen molar-refractivity contribution >= 4 is 27.7 Å². The molecule has 0 spiro atoms. The van der Waals surface area contributed by atoms with E-state index in [-0.39, 0.29) is 0 Å². The van der Waals surface area contributed by atoms with Crippen molar-refractivity contribution < 1.29 is 0 Å². The maximum atomic E-state index is 5.73. The predicted molar refractivity (Wildman–Crippen MR) is 93.9 cm³/mol. The lowest BCUT2D eigenvalue weighted by Crippen LogP contribution is -2.38. The second-order valence-electron chi connectivity index (χ2n) is 5.28. The van der Waals surface area contributed by atoms with E-state index in [1.165, 1.54) is 37.0 Å². The van der Waals surface area contributed by atoms with Gasteiger partial charge in [0.15, 0.2) is 0 Å². The van der Waals surface area contributed by atoms with E-state index >= 15 is 0 Å². The van der Waals surface area contributed by atoms with Gasteiger partial charge < -0.3 is 0 Å². The van der Waals surface area contributed by atoms with Crippen LogP contribution < -0.4 is 11.3 Å². The Morgan fingerprint density at radius 1 is 1.35 bits per heavy atom. The van der Waals surface area contributed by atoms with E-state index in [1.54, 1.807) is 0 Å². The van der Waals surface area contributed by atoms with Crippen LogP contribution in [0.4, 0.5) is 0 Å².